The van der Waals surface area contributed by atoms with Crippen molar-refractivity contribution in [1.29, 1.82) is 0 Å². The molecule has 0 aliphatic heterocycles. The average Bonchev–Trinajstić information content (AvgIpc) is 2.05. The summed E-state index contributed by atoms with van der Waals surface area (Å²) in [6.07, 6.45) is 7.81. The third-order valence-corrected chi connectivity index (χ3v) is 2.29. The lowest BCUT2D eigenvalue weighted by Gasteiger charge is -2.18. The molecule has 0 amide bonds. The molecular weight excluding hydrogens is 124 g/mol. The van der Waals surface area contributed by atoms with Gasteiger partial charge in [-0.15, -0.1) is 0 Å². The van der Waals surface area contributed by atoms with Crippen LogP contribution in [0.2, 0.25) is 0 Å². The van der Waals surface area contributed by atoms with Crippen molar-refractivity contribution in [2.75, 3.05) is 0 Å². The summed E-state index contributed by atoms with van der Waals surface area (Å²) in [6, 6.07) is 0. The lowest BCUT2D eigenvalue weighted by Crippen LogP contribution is -2.16. The highest BCUT2D eigenvalue weighted by Gasteiger charge is 2.18. The quantitative estimate of drug-likeness (QED) is 0.574. The van der Waals surface area contributed by atoms with Crippen molar-refractivity contribution in [3.8, 4) is 0 Å². The molecule has 1 fully saturated rings. The van der Waals surface area contributed by atoms with Crippen LogP contribution in [0, 0.1) is 12.3 Å². The second-order valence-electron chi connectivity index (χ2n) is 3.03. The fourth-order valence-corrected chi connectivity index (χ4v) is 1.62. The number of hydrogen-bond acceptors (Lipinski definition) is 1. The lowest BCUT2D eigenvalue weighted by molar-refractivity contribution is -0.120. The van der Waals surface area contributed by atoms with Gasteiger partial charge in [0.05, 0.1) is 0 Å². The van der Waals surface area contributed by atoms with Gasteiger partial charge in [0, 0.05) is 12.3 Å². The molecule has 1 aliphatic carbocycles. The Labute approximate surface area is 62.8 Å². The minimum Gasteiger partial charge on any atom is -0.299 e. The Morgan fingerprint density at radius 2 is 1.90 bits per heavy atom. The van der Waals surface area contributed by atoms with Crippen LogP contribution in [-0.2, 0) is 4.79 Å². The van der Waals surface area contributed by atoms with Gasteiger partial charge < -0.3 is 0 Å². The monoisotopic (exact) mass is 139 g/mol. The normalized spacial score (nSPS) is 20.9. The first-order valence-corrected chi connectivity index (χ1v) is 4.18. The maximum Gasteiger partial charge on any atom is 0.139 e. The van der Waals surface area contributed by atoms with Crippen molar-refractivity contribution in [3.05, 3.63) is 6.42 Å². The highest BCUT2D eigenvalue weighted by Crippen LogP contribution is 2.24. The van der Waals surface area contributed by atoms with Crippen LogP contribution < -0.4 is 0 Å². The summed E-state index contributed by atoms with van der Waals surface area (Å²) >= 11 is 0. The summed E-state index contributed by atoms with van der Waals surface area (Å²) in [5.41, 5.74) is 0. The van der Waals surface area contributed by atoms with E-state index in [1.54, 1.807) is 6.42 Å². The van der Waals surface area contributed by atoms with E-state index in [4.69, 9.17) is 0 Å². The Kier molecular flexibility index (Phi) is 2.91. The van der Waals surface area contributed by atoms with Crippen LogP contribution in [0.4, 0.5) is 0 Å². The summed E-state index contributed by atoms with van der Waals surface area (Å²) in [7, 11) is 0. The molecule has 0 spiro atoms. The molecular formula is C9H15O. The summed E-state index contributed by atoms with van der Waals surface area (Å²) < 4.78 is 0. The van der Waals surface area contributed by atoms with E-state index in [1.165, 1.54) is 19.3 Å². The van der Waals surface area contributed by atoms with Crippen molar-refractivity contribution >= 4 is 5.78 Å². The molecule has 0 N–H and O–H groups in total. The summed E-state index contributed by atoms with van der Waals surface area (Å²) in [4.78, 5) is 11.1. The van der Waals surface area contributed by atoms with Gasteiger partial charge in [0.25, 0.3) is 0 Å². The molecule has 0 bridgehead atoms. The molecule has 1 heteroatoms. The molecule has 0 unspecified atom stereocenters. The Morgan fingerprint density at radius 1 is 1.30 bits per heavy atom. The minimum atomic E-state index is 0.361. The topological polar surface area (TPSA) is 17.1 Å². The minimum absolute atomic E-state index is 0.361. The van der Waals surface area contributed by atoms with Crippen molar-refractivity contribution in [3.63, 3.8) is 0 Å². The van der Waals surface area contributed by atoms with Gasteiger partial charge in [0.1, 0.15) is 5.78 Å². The van der Waals surface area contributed by atoms with Crippen LogP contribution in [0.15, 0.2) is 0 Å². The number of hydrogen-bond donors (Lipinski definition) is 0. The number of carbonyl (C=O) groups is 1. The highest BCUT2D eigenvalue weighted by atomic mass is 16.1. The van der Waals surface area contributed by atoms with Gasteiger partial charge in [-0.25, -0.2) is 0 Å². The van der Waals surface area contributed by atoms with Crippen LogP contribution in [0.25, 0.3) is 0 Å². The van der Waals surface area contributed by atoms with E-state index in [1.807, 2.05) is 6.92 Å². The van der Waals surface area contributed by atoms with E-state index < -0.39 is 0 Å². The number of rotatable bonds is 2. The predicted molar refractivity (Wildman–Crippen MR) is 41.6 cm³/mol. The fraction of sp³-hybridized carbons (Fsp3) is 0.778. The zero-order chi connectivity index (χ0) is 7.40. The molecule has 1 aliphatic rings. The van der Waals surface area contributed by atoms with Crippen molar-refractivity contribution in [1.82, 2.24) is 0 Å². The third-order valence-electron chi connectivity index (χ3n) is 2.29. The van der Waals surface area contributed by atoms with E-state index in [-0.39, 0.29) is 0 Å². The van der Waals surface area contributed by atoms with Gasteiger partial charge >= 0.3 is 0 Å². The molecule has 1 nitrogen and oxygen atoms in total. The van der Waals surface area contributed by atoms with Gasteiger partial charge in [-0.05, 0) is 12.8 Å². The van der Waals surface area contributed by atoms with Gasteiger partial charge in [-0.2, -0.15) is 0 Å². The molecule has 0 aromatic carbocycles. The highest BCUT2D eigenvalue weighted by molar-refractivity contribution is 5.88. The summed E-state index contributed by atoms with van der Waals surface area (Å²) in [6.45, 7) is 1.84. The SMILES string of the molecule is C[CH]C(=O)C1CCCCC1. The molecule has 0 aromatic heterocycles. The number of Topliss-reactive ketones (excluding diaryl/α,β-unsaturated/α-hetero) is 1. The standard InChI is InChI=1S/C9H15O/c1-2-9(10)8-6-4-3-5-7-8/h2,8H,3-7H2,1H3. The maximum absolute atomic E-state index is 11.1. The Hall–Kier alpha value is -0.330. The van der Waals surface area contributed by atoms with E-state index in [0.717, 1.165) is 12.8 Å². The van der Waals surface area contributed by atoms with E-state index in [0.29, 0.717) is 11.7 Å². The Morgan fingerprint density at radius 3 is 2.40 bits per heavy atom. The molecule has 10 heavy (non-hydrogen) atoms. The zero-order valence-electron chi connectivity index (χ0n) is 6.60. The van der Waals surface area contributed by atoms with Gasteiger partial charge in [-0.3, -0.25) is 4.79 Å². The molecule has 57 valence electrons. The molecule has 0 heterocycles. The molecule has 1 saturated carbocycles. The molecule has 1 rings (SSSR count). The van der Waals surface area contributed by atoms with Crippen LogP contribution in [0.3, 0.4) is 0 Å². The maximum atomic E-state index is 11.1. The summed E-state index contributed by atoms with van der Waals surface area (Å²) in [5.74, 6) is 0.735. The molecule has 0 aromatic rings. The van der Waals surface area contributed by atoms with E-state index in [9.17, 15) is 4.79 Å². The van der Waals surface area contributed by atoms with Gasteiger partial charge in [-0.1, -0.05) is 26.2 Å². The second-order valence-corrected chi connectivity index (χ2v) is 3.03. The summed E-state index contributed by atoms with van der Waals surface area (Å²) in [5, 5.41) is 0. The van der Waals surface area contributed by atoms with Gasteiger partial charge in [0.2, 0.25) is 0 Å². The smallest absolute Gasteiger partial charge is 0.139 e. The predicted octanol–water partition coefficient (Wildman–Crippen LogP) is 2.36. The van der Waals surface area contributed by atoms with Gasteiger partial charge in [0.15, 0.2) is 0 Å². The van der Waals surface area contributed by atoms with Crippen LogP contribution in [-0.4, -0.2) is 5.78 Å². The van der Waals surface area contributed by atoms with Crippen molar-refractivity contribution in [2.45, 2.75) is 39.0 Å². The van der Waals surface area contributed by atoms with Crippen LogP contribution in [0.1, 0.15) is 39.0 Å². The average molecular weight is 139 g/mol. The zero-order valence-corrected chi connectivity index (χ0v) is 6.60. The first-order chi connectivity index (χ1) is 4.84. The fourth-order valence-electron chi connectivity index (χ4n) is 1.62. The number of carbonyl (C=O) groups excluding carboxylic acids is 1. The molecule has 1 radical (unpaired) electrons. The van der Waals surface area contributed by atoms with E-state index >= 15 is 0 Å². The van der Waals surface area contributed by atoms with E-state index in [2.05, 4.69) is 0 Å². The first-order valence-electron chi connectivity index (χ1n) is 4.18. The van der Waals surface area contributed by atoms with Crippen molar-refractivity contribution < 1.29 is 4.79 Å². The molecule has 0 saturated heterocycles. The second kappa shape index (κ2) is 3.75. The molecule has 0 atom stereocenters. The largest absolute Gasteiger partial charge is 0.299 e. The third kappa shape index (κ3) is 1.83. The number of ketones is 1. The Balaban J connectivity index is 2.31. The Bertz CT molecular complexity index is 112. The lowest BCUT2D eigenvalue weighted by atomic mass is 9.85. The van der Waals surface area contributed by atoms with Crippen molar-refractivity contribution in [2.24, 2.45) is 5.92 Å². The first kappa shape index (κ1) is 7.77. The van der Waals surface area contributed by atoms with Crippen LogP contribution in [0.5, 0.6) is 0 Å². The van der Waals surface area contributed by atoms with Crippen LogP contribution >= 0.6 is 0 Å².